The van der Waals surface area contributed by atoms with Crippen molar-refractivity contribution in [2.45, 2.75) is 6.04 Å². The number of hydrogen-bond acceptors (Lipinski definition) is 5. The molecule has 0 heterocycles. The van der Waals surface area contributed by atoms with Gasteiger partial charge in [0, 0.05) is 10.6 Å². The minimum Gasteiger partial charge on any atom is -0.399 e. The molecule has 2 aromatic rings. The van der Waals surface area contributed by atoms with Crippen LogP contribution in [0.5, 0.6) is 0 Å². The Kier molecular flexibility index (Phi) is 7.82. The number of sulfonamides is 1. The van der Waals surface area contributed by atoms with Crippen LogP contribution in [0.15, 0.2) is 53.7 Å². The van der Waals surface area contributed by atoms with Crippen molar-refractivity contribution in [1.82, 2.24) is 10.0 Å². The number of amides is 1. The monoisotopic (exact) mass is 443 g/mol. The lowest BCUT2D eigenvalue weighted by Gasteiger charge is -2.18. The minimum atomic E-state index is -3.63. The summed E-state index contributed by atoms with van der Waals surface area (Å²) in [5.41, 5.74) is 1.38. The molecule has 0 bridgehead atoms. The van der Waals surface area contributed by atoms with E-state index < -0.39 is 22.0 Å². The molecule has 10 heteroatoms. The number of halogens is 2. The van der Waals surface area contributed by atoms with E-state index in [1.165, 1.54) is 7.11 Å². The Balaban J connectivity index is 2.23. The maximum atomic E-state index is 12.7. The average molecular weight is 444 g/mol. The Labute approximate surface area is 173 Å². The smallest absolute Gasteiger partial charge is 0.243 e. The number of benzene rings is 2. The number of rotatable bonds is 8. The van der Waals surface area contributed by atoms with Gasteiger partial charge in [0.2, 0.25) is 15.9 Å². The highest BCUT2D eigenvalue weighted by Gasteiger charge is 2.24. The summed E-state index contributed by atoms with van der Waals surface area (Å²) in [4.78, 5) is 17.5. The number of carbonyl (C=O) groups is 1. The second-order valence-corrected chi connectivity index (χ2v) is 8.42. The van der Waals surface area contributed by atoms with Gasteiger partial charge in [-0.25, -0.2) is 8.42 Å². The molecule has 7 nitrogen and oxygen atoms in total. The largest absolute Gasteiger partial charge is 0.399 e. The number of hydrogen-bond donors (Lipinski definition) is 2. The van der Waals surface area contributed by atoms with Crippen molar-refractivity contribution in [2.75, 3.05) is 19.9 Å². The van der Waals surface area contributed by atoms with Crippen LogP contribution in [0.25, 0.3) is 0 Å². The first-order valence-corrected chi connectivity index (χ1v) is 10.7. The molecule has 0 saturated carbocycles. The summed E-state index contributed by atoms with van der Waals surface area (Å²) in [6.07, 6.45) is 0.988. The van der Waals surface area contributed by atoms with Crippen molar-refractivity contribution < 1.29 is 18.0 Å². The number of nitrogens with zero attached hydrogens (tertiary/aromatic N) is 1. The third-order valence-corrected chi connectivity index (χ3v) is 4.81. The molecule has 2 aromatic carbocycles. The summed E-state index contributed by atoms with van der Waals surface area (Å²) in [5.74, 6) is -0.550. The second-order valence-electron chi connectivity index (χ2n) is 5.80. The summed E-state index contributed by atoms with van der Waals surface area (Å²) in [6, 6.07) is 12.2. The molecule has 0 aliphatic heterocycles. The fourth-order valence-corrected chi connectivity index (χ4v) is 3.60. The zero-order valence-corrected chi connectivity index (χ0v) is 17.5. The molecule has 0 aromatic heterocycles. The van der Waals surface area contributed by atoms with Crippen LogP contribution in [0.2, 0.25) is 10.0 Å². The lowest BCUT2D eigenvalue weighted by Crippen LogP contribution is -2.41. The molecule has 0 aliphatic carbocycles. The average Bonchev–Trinajstić information content (AvgIpc) is 2.63. The Morgan fingerprint density at radius 3 is 2.43 bits per heavy atom. The van der Waals surface area contributed by atoms with Crippen molar-refractivity contribution in [3.05, 3.63) is 69.7 Å². The van der Waals surface area contributed by atoms with Crippen LogP contribution < -0.4 is 10.0 Å². The van der Waals surface area contributed by atoms with Crippen molar-refractivity contribution in [1.29, 1.82) is 0 Å². The van der Waals surface area contributed by atoms with Gasteiger partial charge in [-0.15, -0.1) is 0 Å². The fraction of sp³-hybridized carbons (Fsp3) is 0.222. The topological polar surface area (TPSA) is 96.9 Å². The van der Waals surface area contributed by atoms with Gasteiger partial charge in [0.15, 0.2) is 0 Å². The lowest BCUT2D eigenvalue weighted by atomic mass is 10.1. The lowest BCUT2D eigenvalue weighted by molar-refractivity contribution is -0.122. The summed E-state index contributed by atoms with van der Waals surface area (Å²) < 4.78 is 25.7. The van der Waals surface area contributed by atoms with E-state index in [4.69, 9.17) is 28.0 Å². The molecule has 0 spiro atoms. The normalized spacial score (nSPS) is 13.1. The third-order valence-electron chi connectivity index (χ3n) is 3.60. The molecule has 0 saturated heterocycles. The first-order valence-electron chi connectivity index (χ1n) is 8.06. The van der Waals surface area contributed by atoms with Gasteiger partial charge in [0.05, 0.1) is 17.8 Å². The van der Waals surface area contributed by atoms with E-state index in [9.17, 15) is 13.2 Å². The van der Waals surface area contributed by atoms with Crippen LogP contribution in [-0.4, -0.2) is 39.9 Å². The maximum Gasteiger partial charge on any atom is 0.243 e. The fourth-order valence-electron chi connectivity index (χ4n) is 2.42. The maximum absolute atomic E-state index is 12.7. The summed E-state index contributed by atoms with van der Waals surface area (Å²) >= 11 is 12.1. The molecule has 1 atom stereocenters. The standard InChI is InChI=1S/C18H19Cl2N3O4S/c1-27-22-16(14-9-8-13(19)10-15(14)20)11-21-18(24)17(23-28(2,25)26)12-6-4-3-5-7-12/h3-10,17,23H,11H2,1-2H3,(H,21,24). The van der Waals surface area contributed by atoms with Gasteiger partial charge in [0.25, 0.3) is 0 Å². The second kappa shape index (κ2) is 9.88. The Morgan fingerprint density at radius 2 is 1.86 bits per heavy atom. The predicted octanol–water partition coefficient (Wildman–Crippen LogP) is 2.75. The van der Waals surface area contributed by atoms with Crippen LogP contribution in [0.4, 0.5) is 0 Å². The predicted molar refractivity (Wildman–Crippen MR) is 110 cm³/mol. The molecular formula is C18H19Cl2N3O4S. The van der Waals surface area contributed by atoms with E-state index in [0.29, 0.717) is 26.9 Å². The van der Waals surface area contributed by atoms with Gasteiger partial charge in [-0.05, 0) is 23.8 Å². The SMILES string of the molecule is CON=C(CNC(=O)C(NS(C)(=O)=O)c1ccccc1)c1ccc(Cl)cc1Cl. The molecular weight excluding hydrogens is 425 g/mol. The van der Waals surface area contributed by atoms with Crippen molar-refractivity contribution >= 4 is 44.8 Å². The number of oxime groups is 1. The molecule has 1 amide bonds. The van der Waals surface area contributed by atoms with Crippen LogP contribution >= 0.6 is 23.2 Å². The highest BCUT2D eigenvalue weighted by molar-refractivity contribution is 7.88. The van der Waals surface area contributed by atoms with E-state index in [0.717, 1.165) is 6.26 Å². The minimum absolute atomic E-state index is 0.0389. The third kappa shape index (κ3) is 6.49. The molecule has 150 valence electrons. The van der Waals surface area contributed by atoms with Crippen molar-refractivity contribution in [2.24, 2.45) is 5.16 Å². The first kappa shape index (κ1) is 22.2. The number of nitrogens with one attached hydrogen (secondary N) is 2. The van der Waals surface area contributed by atoms with Crippen molar-refractivity contribution in [3.63, 3.8) is 0 Å². The van der Waals surface area contributed by atoms with E-state index in [-0.39, 0.29) is 6.54 Å². The molecule has 1 unspecified atom stereocenters. The summed E-state index contributed by atoms with van der Waals surface area (Å²) in [7, 11) is -2.27. The van der Waals surface area contributed by atoms with E-state index in [1.54, 1.807) is 48.5 Å². The summed E-state index contributed by atoms with van der Waals surface area (Å²) in [6.45, 7) is -0.0389. The van der Waals surface area contributed by atoms with E-state index in [2.05, 4.69) is 15.2 Å². The molecule has 2 rings (SSSR count). The van der Waals surface area contributed by atoms with Crippen LogP contribution in [0, 0.1) is 0 Å². The first-order chi connectivity index (χ1) is 13.2. The summed E-state index contributed by atoms with van der Waals surface area (Å²) in [5, 5.41) is 7.35. The highest BCUT2D eigenvalue weighted by atomic mass is 35.5. The van der Waals surface area contributed by atoms with Crippen LogP contribution in [0.1, 0.15) is 17.2 Å². The Morgan fingerprint density at radius 1 is 1.18 bits per heavy atom. The van der Waals surface area contributed by atoms with Gasteiger partial charge in [-0.1, -0.05) is 58.7 Å². The van der Waals surface area contributed by atoms with Crippen molar-refractivity contribution in [3.8, 4) is 0 Å². The van der Waals surface area contributed by atoms with Gasteiger partial charge in [0.1, 0.15) is 18.9 Å². The Bertz CT molecular complexity index is 966. The molecule has 28 heavy (non-hydrogen) atoms. The number of carbonyl (C=O) groups excluding carboxylic acids is 1. The molecule has 2 N–H and O–H groups in total. The highest BCUT2D eigenvalue weighted by Crippen LogP contribution is 2.22. The van der Waals surface area contributed by atoms with E-state index >= 15 is 0 Å². The molecule has 0 fully saturated rings. The van der Waals surface area contributed by atoms with E-state index in [1.807, 2.05) is 0 Å². The zero-order valence-electron chi connectivity index (χ0n) is 15.1. The van der Waals surface area contributed by atoms with Gasteiger partial charge < -0.3 is 10.2 Å². The van der Waals surface area contributed by atoms with Crippen LogP contribution in [-0.2, 0) is 19.7 Å². The van der Waals surface area contributed by atoms with Gasteiger partial charge >= 0.3 is 0 Å². The molecule has 0 aliphatic rings. The van der Waals surface area contributed by atoms with Crippen LogP contribution in [0.3, 0.4) is 0 Å². The van der Waals surface area contributed by atoms with Gasteiger partial charge in [-0.2, -0.15) is 4.72 Å². The molecule has 0 radical (unpaired) electrons. The quantitative estimate of drug-likeness (QED) is 0.484. The zero-order chi connectivity index (χ0) is 20.7. The Hall–Kier alpha value is -2.13. The van der Waals surface area contributed by atoms with Gasteiger partial charge in [-0.3, -0.25) is 4.79 Å².